The van der Waals surface area contributed by atoms with Crippen molar-refractivity contribution in [3.8, 4) is 17.1 Å². The molecular weight excluding hydrogens is 401 g/mol. The van der Waals surface area contributed by atoms with Crippen LogP contribution in [0.3, 0.4) is 0 Å². The molecule has 0 fully saturated rings. The SMILES string of the molecule is CCOc1nc(NCc2ccc(F)cc2)nc2ncc(-c3ccccc3C(=O)O)nc12. The molecule has 0 aliphatic heterocycles. The Hall–Kier alpha value is -4.14. The summed E-state index contributed by atoms with van der Waals surface area (Å²) in [6.07, 6.45) is 1.47. The van der Waals surface area contributed by atoms with Gasteiger partial charge in [-0.05, 0) is 30.7 Å². The summed E-state index contributed by atoms with van der Waals surface area (Å²) in [6.45, 7) is 2.55. The topological polar surface area (TPSA) is 110 Å². The third-order valence-corrected chi connectivity index (χ3v) is 4.45. The van der Waals surface area contributed by atoms with Crippen LogP contribution < -0.4 is 10.1 Å². The van der Waals surface area contributed by atoms with Crippen molar-refractivity contribution in [1.29, 1.82) is 0 Å². The van der Waals surface area contributed by atoms with Crippen LogP contribution in [-0.4, -0.2) is 37.6 Å². The molecule has 0 unspecified atom stereocenters. The number of anilines is 1. The van der Waals surface area contributed by atoms with Crippen LogP contribution in [0.5, 0.6) is 5.88 Å². The molecule has 4 rings (SSSR count). The number of aromatic nitrogens is 4. The highest BCUT2D eigenvalue weighted by molar-refractivity contribution is 5.95. The molecule has 31 heavy (non-hydrogen) atoms. The number of carboxylic acid groups (broad SMARTS) is 1. The molecule has 0 atom stereocenters. The molecule has 0 aliphatic rings. The van der Waals surface area contributed by atoms with E-state index in [0.717, 1.165) is 5.56 Å². The zero-order valence-corrected chi connectivity index (χ0v) is 16.5. The van der Waals surface area contributed by atoms with Crippen LogP contribution in [0.1, 0.15) is 22.8 Å². The van der Waals surface area contributed by atoms with Crippen LogP contribution in [0.2, 0.25) is 0 Å². The maximum Gasteiger partial charge on any atom is 0.336 e. The Labute approximate surface area is 176 Å². The highest BCUT2D eigenvalue weighted by atomic mass is 19.1. The first kappa shape index (κ1) is 20.1. The van der Waals surface area contributed by atoms with E-state index in [0.29, 0.717) is 35.6 Å². The van der Waals surface area contributed by atoms with Gasteiger partial charge in [0.05, 0.1) is 24.1 Å². The summed E-state index contributed by atoms with van der Waals surface area (Å²) in [5.74, 6) is -0.844. The number of carbonyl (C=O) groups is 1. The average Bonchev–Trinajstić information content (AvgIpc) is 2.78. The number of nitrogens with zero attached hydrogens (tertiary/aromatic N) is 4. The fourth-order valence-corrected chi connectivity index (χ4v) is 3.01. The smallest absolute Gasteiger partial charge is 0.336 e. The van der Waals surface area contributed by atoms with Crippen LogP contribution in [-0.2, 0) is 6.54 Å². The average molecular weight is 419 g/mol. The monoisotopic (exact) mass is 419 g/mol. The van der Waals surface area contributed by atoms with Gasteiger partial charge in [0, 0.05) is 12.1 Å². The number of fused-ring (bicyclic) bond motifs is 1. The van der Waals surface area contributed by atoms with Crippen LogP contribution in [0.15, 0.2) is 54.7 Å². The van der Waals surface area contributed by atoms with Crippen molar-refractivity contribution >= 4 is 23.1 Å². The molecule has 0 bridgehead atoms. The number of hydrogen-bond donors (Lipinski definition) is 2. The number of halogens is 1. The minimum Gasteiger partial charge on any atom is -0.478 e. The standard InChI is InChI=1S/C22H18FN5O3/c1-2-31-20-18-19(27-22(28-20)25-11-13-7-9-14(23)10-8-13)24-12-17(26-18)15-5-3-4-6-16(15)21(29)30/h3-10,12H,2,11H2,1H3,(H,29,30)(H,24,25,27,28). The Morgan fingerprint density at radius 1 is 1.10 bits per heavy atom. The second-order valence-corrected chi connectivity index (χ2v) is 6.54. The van der Waals surface area contributed by atoms with E-state index in [1.54, 1.807) is 30.3 Å². The van der Waals surface area contributed by atoms with Crippen molar-refractivity contribution in [2.24, 2.45) is 0 Å². The van der Waals surface area contributed by atoms with Gasteiger partial charge in [0.25, 0.3) is 0 Å². The fourth-order valence-electron chi connectivity index (χ4n) is 3.01. The lowest BCUT2D eigenvalue weighted by Crippen LogP contribution is -2.08. The summed E-state index contributed by atoms with van der Waals surface area (Å²) in [5.41, 5.74) is 2.42. The second-order valence-electron chi connectivity index (χ2n) is 6.54. The van der Waals surface area contributed by atoms with Crippen molar-refractivity contribution < 1.29 is 19.0 Å². The summed E-state index contributed by atoms with van der Waals surface area (Å²) in [4.78, 5) is 29.2. The molecule has 2 heterocycles. The Morgan fingerprint density at radius 3 is 2.61 bits per heavy atom. The molecule has 156 valence electrons. The number of aromatic carboxylic acids is 1. The molecule has 0 saturated carbocycles. The van der Waals surface area contributed by atoms with Crippen LogP contribution in [0, 0.1) is 5.82 Å². The van der Waals surface area contributed by atoms with E-state index in [-0.39, 0.29) is 23.2 Å². The van der Waals surface area contributed by atoms with E-state index >= 15 is 0 Å². The van der Waals surface area contributed by atoms with E-state index in [2.05, 4.69) is 25.3 Å². The third kappa shape index (κ3) is 4.40. The molecule has 0 aliphatic carbocycles. The zero-order chi connectivity index (χ0) is 21.8. The number of hydrogen-bond acceptors (Lipinski definition) is 7. The molecule has 8 nitrogen and oxygen atoms in total. The highest BCUT2D eigenvalue weighted by Crippen LogP contribution is 2.27. The first-order valence-corrected chi connectivity index (χ1v) is 9.53. The van der Waals surface area contributed by atoms with Crippen molar-refractivity contribution in [1.82, 2.24) is 19.9 Å². The third-order valence-electron chi connectivity index (χ3n) is 4.45. The minimum atomic E-state index is -1.06. The molecule has 2 N–H and O–H groups in total. The van der Waals surface area contributed by atoms with Gasteiger partial charge in [-0.25, -0.2) is 19.2 Å². The fraction of sp³-hybridized carbons (Fsp3) is 0.136. The number of nitrogens with one attached hydrogen (secondary N) is 1. The van der Waals surface area contributed by atoms with E-state index < -0.39 is 5.97 Å². The lowest BCUT2D eigenvalue weighted by atomic mass is 10.1. The molecule has 4 aromatic rings. The van der Waals surface area contributed by atoms with Gasteiger partial charge in [-0.15, -0.1) is 0 Å². The quantitative estimate of drug-likeness (QED) is 0.464. The molecule has 9 heteroatoms. The zero-order valence-electron chi connectivity index (χ0n) is 16.5. The van der Waals surface area contributed by atoms with Crippen molar-refractivity contribution in [3.63, 3.8) is 0 Å². The first-order chi connectivity index (χ1) is 15.0. The normalized spacial score (nSPS) is 10.8. The van der Waals surface area contributed by atoms with Gasteiger partial charge in [0.1, 0.15) is 5.82 Å². The molecule has 0 amide bonds. The van der Waals surface area contributed by atoms with E-state index in [1.807, 2.05) is 6.92 Å². The highest BCUT2D eigenvalue weighted by Gasteiger charge is 2.16. The lowest BCUT2D eigenvalue weighted by molar-refractivity contribution is 0.0697. The molecule has 0 radical (unpaired) electrons. The Balaban J connectivity index is 1.71. The van der Waals surface area contributed by atoms with Crippen LogP contribution >= 0.6 is 0 Å². The van der Waals surface area contributed by atoms with Gasteiger partial charge in [-0.2, -0.15) is 9.97 Å². The summed E-state index contributed by atoms with van der Waals surface area (Å²) >= 11 is 0. The second kappa shape index (κ2) is 8.70. The predicted octanol–water partition coefficient (Wildman–Crippen LogP) is 3.93. The van der Waals surface area contributed by atoms with Crippen LogP contribution in [0.4, 0.5) is 10.3 Å². The van der Waals surface area contributed by atoms with Crippen molar-refractivity contribution in [2.75, 3.05) is 11.9 Å². The summed E-state index contributed by atoms with van der Waals surface area (Å²) in [7, 11) is 0. The minimum absolute atomic E-state index is 0.118. The van der Waals surface area contributed by atoms with Crippen molar-refractivity contribution in [2.45, 2.75) is 13.5 Å². The maximum atomic E-state index is 13.1. The molecular formula is C22H18FN5O3. The van der Waals surface area contributed by atoms with Gasteiger partial charge in [-0.3, -0.25) is 0 Å². The van der Waals surface area contributed by atoms with Gasteiger partial charge in [0.2, 0.25) is 11.8 Å². The van der Waals surface area contributed by atoms with Crippen molar-refractivity contribution in [3.05, 3.63) is 71.7 Å². The van der Waals surface area contributed by atoms with Crippen LogP contribution in [0.25, 0.3) is 22.4 Å². The Bertz CT molecular complexity index is 1250. The summed E-state index contributed by atoms with van der Waals surface area (Å²) in [6, 6.07) is 12.6. The van der Waals surface area contributed by atoms with Gasteiger partial charge >= 0.3 is 5.97 Å². The molecule has 0 saturated heterocycles. The molecule has 0 spiro atoms. The summed E-state index contributed by atoms with van der Waals surface area (Å²) in [5, 5.41) is 12.5. The summed E-state index contributed by atoms with van der Waals surface area (Å²) < 4.78 is 18.7. The van der Waals surface area contributed by atoms with E-state index in [4.69, 9.17) is 4.74 Å². The lowest BCUT2D eigenvalue weighted by Gasteiger charge is -2.11. The maximum absolute atomic E-state index is 13.1. The molecule has 2 aromatic heterocycles. The van der Waals surface area contributed by atoms with E-state index in [9.17, 15) is 14.3 Å². The predicted molar refractivity (Wildman–Crippen MR) is 112 cm³/mol. The van der Waals surface area contributed by atoms with E-state index in [1.165, 1.54) is 24.4 Å². The first-order valence-electron chi connectivity index (χ1n) is 9.53. The number of ether oxygens (including phenoxy) is 1. The van der Waals surface area contributed by atoms with Gasteiger partial charge in [-0.1, -0.05) is 30.3 Å². The Kier molecular flexibility index (Phi) is 5.65. The van der Waals surface area contributed by atoms with Gasteiger partial charge < -0.3 is 15.2 Å². The Morgan fingerprint density at radius 2 is 1.87 bits per heavy atom. The number of carboxylic acids is 1. The number of rotatable bonds is 7. The van der Waals surface area contributed by atoms with Gasteiger partial charge in [0.15, 0.2) is 11.2 Å². The largest absolute Gasteiger partial charge is 0.478 e. The molecule has 2 aromatic carbocycles. The number of benzene rings is 2.